The molecule has 0 aromatic carbocycles. The Bertz CT molecular complexity index is 184. The van der Waals surface area contributed by atoms with Crippen molar-refractivity contribution < 1.29 is 0 Å². The number of nitrogens with zero attached hydrogens (tertiary/aromatic N) is 2. The lowest BCUT2D eigenvalue weighted by Gasteiger charge is -2.04. The molecule has 0 saturated heterocycles. The highest BCUT2D eigenvalue weighted by atomic mass is 15.1. The molecule has 0 aliphatic carbocycles. The Balaban J connectivity index is 2.62. The summed E-state index contributed by atoms with van der Waals surface area (Å²) in [5.41, 5.74) is 1.26. The van der Waals surface area contributed by atoms with Crippen molar-refractivity contribution in [3.05, 3.63) is 18.2 Å². The second kappa shape index (κ2) is 4.13. The number of imidazole rings is 1. The molecule has 3 nitrogen and oxygen atoms in total. The fourth-order valence-electron chi connectivity index (χ4n) is 1.12. The highest BCUT2D eigenvalue weighted by Gasteiger charge is 1.97. The van der Waals surface area contributed by atoms with Crippen LogP contribution in [0.5, 0.6) is 0 Å². The van der Waals surface area contributed by atoms with Crippen molar-refractivity contribution >= 4 is 0 Å². The van der Waals surface area contributed by atoms with Gasteiger partial charge in [-0.05, 0) is 13.5 Å². The molecule has 0 saturated carbocycles. The maximum atomic E-state index is 4.08. The van der Waals surface area contributed by atoms with E-state index in [2.05, 4.69) is 21.8 Å². The first kappa shape index (κ1) is 8.27. The average Bonchev–Trinajstić information content (AvgIpc) is 2.39. The normalized spacial score (nSPS) is 10.4. The van der Waals surface area contributed by atoms with E-state index in [1.807, 2.05) is 19.6 Å². The van der Waals surface area contributed by atoms with Crippen molar-refractivity contribution in [1.82, 2.24) is 14.9 Å². The first-order valence-corrected chi connectivity index (χ1v) is 4.02. The predicted molar refractivity (Wildman–Crippen MR) is 45.3 cm³/mol. The van der Waals surface area contributed by atoms with E-state index in [1.54, 1.807) is 0 Å². The monoisotopic (exact) mass is 153 g/mol. The number of nitrogens with one attached hydrogen (secondary N) is 1. The summed E-state index contributed by atoms with van der Waals surface area (Å²) >= 11 is 0. The molecule has 0 aliphatic rings. The van der Waals surface area contributed by atoms with Crippen LogP contribution in [0.1, 0.15) is 19.0 Å². The van der Waals surface area contributed by atoms with Crippen molar-refractivity contribution in [3.8, 4) is 0 Å². The van der Waals surface area contributed by atoms with Gasteiger partial charge in [-0.25, -0.2) is 4.98 Å². The summed E-state index contributed by atoms with van der Waals surface area (Å²) in [7, 11) is 1.95. The summed E-state index contributed by atoms with van der Waals surface area (Å²) in [5.74, 6) is 0. The van der Waals surface area contributed by atoms with Gasteiger partial charge in [-0.1, -0.05) is 6.92 Å². The van der Waals surface area contributed by atoms with E-state index < -0.39 is 0 Å². The fourth-order valence-corrected chi connectivity index (χ4v) is 1.12. The van der Waals surface area contributed by atoms with Crippen LogP contribution in [0.3, 0.4) is 0 Å². The second-order valence-corrected chi connectivity index (χ2v) is 2.61. The molecule has 0 radical (unpaired) electrons. The summed E-state index contributed by atoms with van der Waals surface area (Å²) < 4.78 is 2.18. The molecule has 11 heavy (non-hydrogen) atoms. The lowest BCUT2D eigenvalue weighted by atomic mass is 10.4. The van der Waals surface area contributed by atoms with Crippen LogP contribution >= 0.6 is 0 Å². The van der Waals surface area contributed by atoms with Crippen LogP contribution in [0.4, 0.5) is 0 Å². The molecular weight excluding hydrogens is 138 g/mol. The Morgan fingerprint density at radius 1 is 1.64 bits per heavy atom. The molecular formula is C8H15N3. The Hall–Kier alpha value is -0.830. The molecule has 0 atom stereocenters. The average molecular weight is 153 g/mol. The predicted octanol–water partition coefficient (Wildman–Crippen LogP) is 1.01. The van der Waals surface area contributed by atoms with E-state index in [0.717, 1.165) is 19.5 Å². The van der Waals surface area contributed by atoms with Crippen molar-refractivity contribution in [2.45, 2.75) is 26.4 Å². The number of rotatable bonds is 4. The smallest absolute Gasteiger partial charge is 0.0948 e. The highest BCUT2D eigenvalue weighted by Crippen LogP contribution is 1.99. The van der Waals surface area contributed by atoms with E-state index in [1.165, 1.54) is 5.69 Å². The van der Waals surface area contributed by atoms with Gasteiger partial charge >= 0.3 is 0 Å². The molecule has 0 aliphatic heterocycles. The Morgan fingerprint density at radius 2 is 2.45 bits per heavy atom. The van der Waals surface area contributed by atoms with Gasteiger partial charge in [0.1, 0.15) is 0 Å². The van der Waals surface area contributed by atoms with Gasteiger partial charge in [0.15, 0.2) is 0 Å². The number of aryl methyl sites for hydroxylation is 1. The van der Waals surface area contributed by atoms with Gasteiger partial charge in [-0.3, -0.25) is 0 Å². The molecule has 0 spiro atoms. The van der Waals surface area contributed by atoms with E-state index >= 15 is 0 Å². The van der Waals surface area contributed by atoms with E-state index in [4.69, 9.17) is 0 Å². The number of aromatic nitrogens is 2. The third kappa shape index (κ3) is 2.05. The highest BCUT2D eigenvalue weighted by molar-refractivity contribution is 4.97. The summed E-state index contributed by atoms with van der Waals surface area (Å²) in [6, 6.07) is 0. The van der Waals surface area contributed by atoms with Crippen molar-refractivity contribution in [3.63, 3.8) is 0 Å². The van der Waals surface area contributed by atoms with Crippen LogP contribution in [-0.2, 0) is 13.1 Å². The van der Waals surface area contributed by atoms with Gasteiger partial charge in [0.25, 0.3) is 0 Å². The number of hydrogen-bond acceptors (Lipinski definition) is 2. The van der Waals surface area contributed by atoms with Crippen LogP contribution in [0.15, 0.2) is 12.5 Å². The second-order valence-electron chi connectivity index (χ2n) is 2.61. The molecule has 62 valence electrons. The topological polar surface area (TPSA) is 29.9 Å². The van der Waals surface area contributed by atoms with E-state index in [0.29, 0.717) is 0 Å². The molecule has 3 heteroatoms. The van der Waals surface area contributed by atoms with Gasteiger partial charge in [0.05, 0.1) is 12.0 Å². The van der Waals surface area contributed by atoms with Crippen molar-refractivity contribution in [1.29, 1.82) is 0 Å². The number of hydrogen-bond donors (Lipinski definition) is 1. The molecule has 0 unspecified atom stereocenters. The van der Waals surface area contributed by atoms with E-state index in [-0.39, 0.29) is 0 Å². The van der Waals surface area contributed by atoms with Crippen LogP contribution in [0, 0.1) is 0 Å². The Kier molecular flexibility index (Phi) is 3.11. The fraction of sp³-hybridized carbons (Fsp3) is 0.625. The zero-order valence-corrected chi connectivity index (χ0v) is 7.17. The minimum absolute atomic E-state index is 0.903. The third-order valence-electron chi connectivity index (χ3n) is 1.62. The molecule has 1 rings (SSSR count). The zero-order chi connectivity index (χ0) is 8.10. The molecule has 1 aromatic rings. The summed E-state index contributed by atoms with van der Waals surface area (Å²) in [4.78, 5) is 4.08. The summed E-state index contributed by atoms with van der Waals surface area (Å²) in [6.45, 7) is 4.14. The van der Waals surface area contributed by atoms with Crippen LogP contribution < -0.4 is 5.32 Å². The molecule has 0 amide bonds. The minimum Gasteiger partial charge on any atom is -0.333 e. The summed E-state index contributed by atoms with van der Waals surface area (Å²) in [5, 5.41) is 3.11. The quantitative estimate of drug-likeness (QED) is 0.699. The standard InChI is InChI=1S/C8H15N3/c1-3-4-11-7-10-6-8(11)5-9-2/h6-7,9H,3-5H2,1-2H3. The molecule has 0 fully saturated rings. The van der Waals surface area contributed by atoms with Gasteiger partial charge in [-0.15, -0.1) is 0 Å². The zero-order valence-electron chi connectivity index (χ0n) is 7.17. The Labute approximate surface area is 67.4 Å². The van der Waals surface area contributed by atoms with Gasteiger partial charge in [-0.2, -0.15) is 0 Å². The first-order chi connectivity index (χ1) is 5.38. The maximum absolute atomic E-state index is 4.08. The molecule has 1 aromatic heterocycles. The SMILES string of the molecule is CCCn1cncc1CNC. The lowest BCUT2D eigenvalue weighted by molar-refractivity contribution is 0.626. The molecule has 0 bridgehead atoms. The molecule has 1 N–H and O–H groups in total. The maximum Gasteiger partial charge on any atom is 0.0948 e. The summed E-state index contributed by atoms with van der Waals surface area (Å²) in [6.07, 6.45) is 4.95. The molecule has 1 heterocycles. The lowest BCUT2D eigenvalue weighted by Crippen LogP contribution is -2.10. The van der Waals surface area contributed by atoms with Crippen molar-refractivity contribution in [2.24, 2.45) is 0 Å². The Morgan fingerprint density at radius 3 is 3.09 bits per heavy atom. The van der Waals surface area contributed by atoms with Crippen molar-refractivity contribution in [2.75, 3.05) is 7.05 Å². The van der Waals surface area contributed by atoms with Crippen LogP contribution in [0.2, 0.25) is 0 Å². The van der Waals surface area contributed by atoms with Gasteiger partial charge in [0.2, 0.25) is 0 Å². The largest absolute Gasteiger partial charge is 0.333 e. The van der Waals surface area contributed by atoms with Gasteiger partial charge < -0.3 is 9.88 Å². The third-order valence-corrected chi connectivity index (χ3v) is 1.62. The minimum atomic E-state index is 0.903. The van der Waals surface area contributed by atoms with E-state index in [9.17, 15) is 0 Å². The van der Waals surface area contributed by atoms with Crippen LogP contribution in [-0.4, -0.2) is 16.6 Å². The van der Waals surface area contributed by atoms with Gasteiger partial charge in [0, 0.05) is 19.3 Å². The van der Waals surface area contributed by atoms with Crippen LogP contribution in [0.25, 0.3) is 0 Å². The first-order valence-electron chi connectivity index (χ1n) is 4.02.